The van der Waals surface area contributed by atoms with Gasteiger partial charge in [0.2, 0.25) is 29.5 Å². The van der Waals surface area contributed by atoms with E-state index in [-0.39, 0.29) is 12.8 Å². The molecule has 13 nitrogen and oxygen atoms in total. The molecule has 146 valence electrons. The predicted molar refractivity (Wildman–Crippen MR) is 85.5 cm³/mol. The quantitative estimate of drug-likeness (QED) is 0.174. The Bertz CT molecular complexity index is 594. The first-order valence-electron chi connectivity index (χ1n) is 7.38. The fraction of sp³-hybridized carbons (Fsp3) is 0.538. The van der Waals surface area contributed by atoms with E-state index < -0.39 is 66.5 Å². The van der Waals surface area contributed by atoms with Gasteiger partial charge in [-0.05, 0) is 6.42 Å². The number of amides is 5. The molecule has 0 heterocycles. The first-order chi connectivity index (χ1) is 11.9. The minimum atomic E-state index is -1.53. The molecule has 11 N–H and O–H groups in total. The molecule has 0 fully saturated rings. The lowest BCUT2D eigenvalue weighted by atomic mass is 10.1. The maximum atomic E-state index is 12.2. The number of carboxylic acids is 1. The van der Waals surface area contributed by atoms with Gasteiger partial charge >= 0.3 is 5.97 Å². The molecule has 26 heavy (non-hydrogen) atoms. The monoisotopic (exact) mass is 374 g/mol. The Morgan fingerprint density at radius 1 is 0.769 bits per heavy atom. The highest BCUT2D eigenvalue weighted by Gasteiger charge is 2.29. The second-order valence-corrected chi connectivity index (χ2v) is 5.41. The maximum absolute atomic E-state index is 12.2. The Balaban J connectivity index is 5.08. The summed E-state index contributed by atoms with van der Waals surface area (Å²) in [7, 11) is 0. The molecule has 5 amide bonds. The van der Waals surface area contributed by atoms with Crippen LogP contribution in [0.3, 0.4) is 0 Å². The van der Waals surface area contributed by atoms with Crippen LogP contribution in [-0.4, -0.2) is 58.7 Å². The fourth-order valence-corrected chi connectivity index (χ4v) is 1.81. The highest BCUT2D eigenvalue weighted by molar-refractivity contribution is 5.95. The largest absolute Gasteiger partial charge is 0.480 e. The van der Waals surface area contributed by atoms with Gasteiger partial charge in [0.05, 0.1) is 18.9 Å². The molecule has 0 saturated carbocycles. The van der Waals surface area contributed by atoms with E-state index in [0.717, 1.165) is 0 Å². The van der Waals surface area contributed by atoms with Gasteiger partial charge in [0.15, 0.2) is 0 Å². The van der Waals surface area contributed by atoms with E-state index in [1.165, 1.54) is 0 Å². The van der Waals surface area contributed by atoms with E-state index in [2.05, 4.69) is 10.6 Å². The molecule has 0 saturated heterocycles. The number of hydrogen-bond acceptors (Lipinski definition) is 7. The number of carbonyl (C=O) groups is 6. The second kappa shape index (κ2) is 10.6. The third-order valence-electron chi connectivity index (χ3n) is 3.09. The van der Waals surface area contributed by atoms with Crippen LogP contribution in [-0.2, 0) is 28.8 Å². The van der Waals surface area contributed by atoms with Crippen molar-refractivity contribution in [2.45, 2.75) is 43.8 Å². The van der Waals surface area contributed by atoms with Crippen LogP contribution in [0.5, 0.6) is 0 Å². The minimum Gasteiger partial charge on any atom is -0.480 e. The molecule has 3 unspecified atom stereocenters. The first kappa shape index (κ1) is 22.8. The molecule has 0 bridgehead atoms. The van der Waals surface area contributed by atoms with E-state index >= 15 is 0 Å². The Kier molecular flexibility index (Phi) is 9.29. The van der Waals surface area contributed by atoms with Gasteiger partial charge < -0.3 is 38.7 Å². The van der Waals surface area contributed by atoms with Gasteiger partial charge in [-0.2, -0.15) is 0 Å². The van der Waals surface area contributed by atoms with Gasteiger partial charge in [-0.15, -0.1) is 0 Å². The topological polar surface area (TPSA) is 251 Å². The van der Waals surface area contributed by atoms with Crippen molar-refractivity contribution < 1.29 is 33.9 Å². The summed E-state index contributed by atoms with van der Waals surface area (Å²) in [6, 6.07) is -4.39. The molecule has 0 aromatic carbocycles. The highest BCUT2D eigenvalue weighted by atomic mass is 16.4. The van der Waals surface area contributed by atoms with Crippen LogP contribution < -0.4 is 33.6 Å². The summed E-state index contributed by atoms with van der Waals surface area (Å²) in [5.41, 5.74) is 20.2. The third kappa shape index (κ3) is 9.17. The van der Waals surface area contributed by atoms with Crippen molar-refractivity contribution in [1.82, 2.24) is 10.6 Å². The molecule has 0 spiro atoms. The van der Waals surface area contributed by atoms with Crippen LogP contribution in [0.4, 0.5) is 0 Å². The molecule has 0 radical (unpaired) electrons. The summed E-state index contributed by atoms with van der Waals surface area (Å²) in [5.74, 6) is -6.05. The number of nitrogens with one attached hydrogen (secondary N) is 2. The Morgan fingerprint density at radius 3 is 1.69 bits per heavy atom. The Morgan fingerprint density at radius 2 is 1.27 bits per heavy atom. The second-order valence-electron chi connectivity index (χ2n) is 5.41. The molecule has 13 heteroatoms. The van der Waals surface area contributed by atoms with Crippen molar-refractivity contribution in [2.75, 3.05) is 0 Å². The van der Waals surface area contributed by atoms with Crippen LogP contribution in [0.25, 0.3) is 0 Å². The zero-order chi connectivity index (χ0) is 20.4. The fourth-order valence-electron chi connectivity index (χ4n) is 1.81. The normalized spacial score (nSPS) is 13.7. The van der Waals surface area contributed by atoms with Gasteiger partial charge in [-0.25, -0.2) is 4.79 Å². The summed E-state index contributed by atoms with van der Waals surface area (Å²) in [6.07, 6.45) is -1.77. The van der Waals surface area contributed by atoms with E-state index in [1.54, 1.807) is 0 Å². The lowest BCUT2D eigenvalue weighted by Crippen LogP contribution is -2.55. The zero-order valence-corrected chi connectivity index (χ0v) is 13.8. The SMILES string of the molecule is NC(=O)CCC(NC(=O)C(CC(N)=O)NC(=O)C(N)CC(N)=O)C(=O)O. The van der Waals surface area contributed by atoms with Crippen molar-refractivity contribution in [3.05, 3.63) is 0 Å². The average molecular weight is 374 g/mol. The van der Waals surface area contributed by atoms with Gasteiger partial charge in [0.1, 0.15) is 12.1 Å². The maximum Gasteiger partial charge on any atom is 0.326 e. The molecular weight excluding hydrogens is 352 g/mol. The number of carboxylic acid groups (broad SMARTS) is 1. The lowest BCUT2D eigenvalue weighted by molar-refractivity contribution is -0.142. The van der Waals surface area contributed by atoms with Gasteiger partial charge in [0, 0.05) is 6.42 Å². The zero-order valence-electron chi connectivity index (χ0n) is 13.8. The smallest absolute Gasteiger partial charge is 0.326 e. The molecule has 0 aromatic rings. The van der Waals surface area contributed by atoms with Crippen LogP contribution in [0, 0.1) is 0 Å². The minimum absolute atomic E-state index is 0.297. The predicted octanol–water partition coefficient (Wildman–Crippen LogP) is -4.62. The number of nitrogens with two attached hydrogens (primary N) is 4. The number of aliphatic carboxylic acids is 1. The lowest BCUT2D eigenvalue weighted by Gasteiger charge is -2.21. The number of primary amides is 3. The van der Waals surface area contributed by atoms with Crippen LogP contribution in [0.1, 0.15) is 25.7 Å². The van der Waals surface area contributed by atoms with Crippen molar-refractivity contribution >= 4 is 35.5 Å². The molecule has 0 aliphatic heterocycles. The average Bonchev–Trinajstić information content (AvgIpc) is 2.48. The Labute approximate surface area is 147 Å². The molecular formula is C13H22N6O7. The molecule has 0 aromatic heterocycles. The van der Waals surface area contributed by atoms with E-state index in [0.29, 0.717) is 0 Å². The number of hydrogen-bond donors (Lipinski definition) is 7. The van der Waals surface area contributed by atoms with Crippen molar-refractivity contribution in [2.24, 2.45) is 22.9 Å². The summed E-state index contributed by atoms with van der Waals surface area (Å²) >= 11 is 0. The molecule has 0 aliphatic rings. The van der Waals surface area contributed by atoms with Crippen LogP contribution in [0.15, 0.2) is 0 Å². The molecule has 3 atom stereocenters. The van der Waals surface area contributed by atoms with Gasteiger partial charge in [-0.1, -0.05) is 0 Å². The van der Waals surface area contributed by atoms with Crippen LogP contribution >= 0.6 is 0 Å². The van der Waals surface area contributed by atoms with Crippen molar-refractivity contribution in [1.29, 1.82) is 0 Å². The first-order valence-corrected chi connectivity index (χ1v) is 7.38. The van der Waals surface area contributed by atoms with Crippen molar-refractivity contribution in [3.8, 4) is 0 Å². The highest BCUT2D eigenvalue weighted by Crippen LogP contribution is 2.01. The summed E-state index contributed by atoms with van der Waals surface area (Å²) in [4.78, 5) is 67.8. The number of carbonyl (C=O) groups excluding carboxylic acids is 5. The van der Waals surface area contributed by atoms with E-state index in [9.17, 15) is 28.8 Å². The van der Waals surface area contributed by atoms with E-state index in [1.807, 2.05) is 0 Å². The Hall–Kier alpha value is -3.22. The third-order valence-corrected chi connectivity index (χ3v) is 3.09. The molecule has 0 aliphatic carbocycles. The van der Waals surface area contributed by atoms with Crippen LogP contribution in [0.2, 0.25) is 0 Å². The summed E-state index contributed by atoms with van der Waals surface area (Å²) in [5, 5.41) is 13.2. The van der Waals surface area contributed by atoms with Crippen molar-refractivity contribution in [3.63, 3.8) is 0 Å². The summed E-state index contributed by atoms with van der Waals surface area (Å²) in [6.45, 7) is 0. The van der Waals surface area contributed by atoms with E-state index in [4.69, 9.17) is 28.0 Å². The molecule has 0 rings (SSSR count). The van der Waals surface area contributed by atoms with Gasteiger partial charge in [-0.3, -0.25) is 24.0 Å². The number of rotatable bonds is 12. The standard InChI is InChI=1S/C13H22N6O7/c14-5(3-9(16)21)11(23)19-7(4-10(17)22)12(24)18-6(13(25)26)1-2-8(15)20/h5-7H,1-4,14H2,(H2,15,20)(H2,16,21)(H2,17,22)(H,18,24)(H,19,23)(H,25,26). The van der Waals surface area contributed by atoms with Gasteiger partial charge in [0.25, 0.3) is 0 Å². The summed E-state index contributed by atoms with van der Waals surface area (Å²) < 4.78 is 0.